The first-order chi connectivity index (χ1) is 28.0. The van der Waals surface area contributed by atoms with E-state index in [2.05, 4.69) is 190 Å². The molecule has 2 heteroatoms. The molecule has 0 amide bonds. The maximum absolute atomic E-state index is 5.26. The molecule has 0 aliphatic heterocycles. The van der Waals surface area contributed by atoms with Gasteiger partial charge in [-0.15, -0.1) is 0 Å². The highest BCUT2D eigenvalue weighted by Crippen LogP contribution is 2.54. The van der Waals surface area contributed by atoms with Gasteiger partial charge in [0.15, 0.2) is 5.82 Å². The molecule has 0 atom stereocenters. The highest BCUT2D eigenvalue weighted by molar-refractivity contribution is 6.07. The molecule has 10 aromatic rings. The number of benzene rings is 9. The van der Waals surface area contributed by atoms with Gasteiger partial charge in [-0.25, -0.2) is 9.97 Å². The largest absolute Gasteiger partial charge is 0.228 e. The van der Waals surface area contributed by atoms with Crippen LogP contribution in [-0.4, -0.2) is 9.97 Å². The molecule has 1 aliphatic rings. The minimum Gasteiger partial charge on any atom is -0.228 e. The Balaban J connectivity index is 1.06. The van der Waals surface area contributed by atoms with Crippen LogP contribution in [0.15, 0.2) is 194 Å². The Bertz CT molecular complexity index is 3210. The van der Waals surface area contributed by atoms with Crippen LogP contribution < -0.4 is 0 Å². The molecule has 0 saturated carbocycles. The molecule has 0 spiro atoms. The summed E-state index contributed by atoms with van der Waals surface area (Å²) in [7, 11) is 0. The third kappa shape index (κ3) is 5.33. The quantitative estimate of drug-likeness (QED) is 0.176. The van der Waals surface area contributed by atoms with Crippen molar-refractivity contribution in [3.05, 3.63) is 205 Å². The topological polar surface area (TPSA) is 25.8 Å². The first-order valence-electron chi connectivity index (χ1n) is 19.7. The van der Waals surface area contributed by atoms with Gasteiger partial charge in [0.25, 0.3) is 0 Å². The number of rotatable bonds is 5. The van der Waals surface area contributed by atoms with Crippen molar-refractivity contribution in [2.45, 2.75) is 19.3 Å². The second-order valence-electron chi connectivity index (χ2n) is 15.7. The summed E-state index contributed by atoms with van der Waals surface area (Å²) in [5.74, 6) is 0.713. The molecule has 268 valence electrons. The summed E-state index contributed by atoms with van der Waals surface area (Å²) in [5, 5.41) is 7.32. The molecule has 0 fully saturated rings. The molecule has 1 aliphatic carbocycles. The zero-order valence-corrected chi connectivity index (χ0v) is 31.9. The van der Waals surface area contributed by atoms with E-state index in [0.29, 0.717) is 5.82 Å². The van der Waals surface area contributed by atoms with E-state index in [9.17, 15) is 0 Å². The first-order valence-corrected chi connectivity index (χ1v) is 19.7. The van der Waals surface area contributed by atoms with Crippen molar-refractivity contribution in [3.63, 3.8) is 0 Å². The zero-order chi connectivity index (χ0) is 38.1. The highest BCUT2D eigenvalue weighted by Gasteiger charge is 2.38. The summed E-state index contributed by atoms with van der Waals surface area (Å²) in [6.45, 7) is 4.77. The van der Waals surface area contributed by atoms with E-state index in [-0.39, 0.29) is 5.41 Å². The molecule has 0 bridgehead atoms. The Morgan fingerprint density at radius 2 is 0.860 bits per heavy atom. The molecular weight excluding hydrogens is 689 g/mol. The van der Waals surface area contributed by atoms with Crippen LogP contribution in [0.5, 0.6) is 0 Å². The third-order valence-corrected chi connectivity index (χ3v) is 12.1. The summed E-state index contributed by atoms with van der Waals surface area (Å²) < 4.78 is 0. The van der Waals surface area contributed by atoms with Gasteiger partial charge in [-0.1, -0.05) is 196 Å². The van der Waals surface area contributed by atoms with Gasteiger partial charge in [0.2, 0.25) is 0 Å². The van der Waals surface area contributed by atoms with Crippen molar-refractivity contribution in [2.24, 2.45) is 0 Å². The summed E-state index contributed by atoms with van der Waals surface area (Å²) in [4.78, 5) is 10.4. The number of aromatic nitrogens is 2. The lowest BCUT2D eigenvalue weighted by atomic mass is 9.78. The summed E-state index contributed by atoms with van der Waals surface area (Å²) >= 11 is 0. The van der Waals surface area contributed by atoms with Crippen LogP contribution in [0.2, 0.25) is 0 Å². The number of hydrogen-bond donors (Lipinski definition) is 0. The minimum absolute atomic E-state index is 0.142. The van der Waals surface area contributed by atoms with Crippen molar-refractivity contribution < 1.29 is 0 Å². The fourth-order valence-corrected chi connectivity index (χ4v) is 9.41. The molecule has 1 heterocycles. The van der Waals surface area contributed by atoms with Crippen LogP contribution in [0.1, 0.15) is 25.0 Å². The van der Waals surface area contributed by atoms with Gasteiger partial charge in [-0.2, -0.15) is 0 Å². The van der Waals surface area contributed by atoms with Crippen LogP contribution in [0.3, 0.4) is 0 Å². The van der Waals surface area contributed by atoms with Crippen molar-refractivity contribution in [3.8, 4) is 67.3 Å². The van der Waals surface area contributed by atoms with Crippen molar-refractivity contribution in [2.75, 3.05) is 0 Å². The molecule has 2 nitrogen and oxygen atoms in total. The normalized spacial score (nSPS) is 12.9. The van der Waals surface area contributed by atoms with Gasteiger partial charge in [-0.05, 0) is 89.0 Å². The first kappa shape index (κ1) is 33.2. The van der Waals surface area contributed by atoms with Crippen molar-refractivity contribution in [1.82, 2.24) is 9.97 Å². The van der Waals surface area contributed by atoms with Crippen molar-refractivity contribution in [1.29, 1.82) is 0 Å². The van der Waals surface area contributed by atoms with E-state index in [1.54, 1.807) is 0 Å². The van der Waals surface area contributed by atoms with Crippen molar-refractivity contribution >= 4 is 32.3 Å². The molecule has 0 N–H and O–H groups in total. The van der Waals surface area contributed by atoms with E-state index >= 15 is 0 Å². The Labute approximate surface area is 332 Å². The molecule has 11 rings (SSSR count). The van der Waals surface area contributed by atoms with Crippen LogP contribution in [-0.2, 0) is 5.41 Å². The monoisotopic (exact) mass is 726 g/mol. The fourth-order valence-electron chi connectivity index (χ4n) is 9.41. The van der Waals surface area contributed by atoms with Gasteiger partial charge < -0.3 is 0 Å². The lowest BCUT2D eigenvalue weighted by Crippen LogP contribution is -2.16. The highest BCUT2D eigenvalue weighted by atomic mass is 14.9. The van der Waals surface area contributed by atoms with E-state index in [1.165, 1.54) is 71.4 Å². The van der Waals surface area contributed by atoms with Gasteiger partial charge in [0.05, 0.1) is 11.4 Å². The SMILES string of the molecule is CC1(C)c2ccc3ccccc3c2-c2cccc(-c3cccc(-c4ccc(-c5cc(-c6cccc7ccccc67)nc(-c6ccccc6)n5)c5ccccc45)c3)c21. The lowest BCUT2D eigenvalue weighted by molar-refractivity contribution is 0.662. The van der Waals surface area contributed by atoms with E-state index in [1.807, 2.05) is 18.2 Å². The van der Waals surface area contributed by atoms with Crippen LogP contribution in [0.25, 0.3) is 99.6 Å². The van der Waals surface area contributed by atoms with Crippen LogP contribution in [0.4, 0.5) is 0 Å². The maximum Gasteiger partial charge on any atom is 0.160 e. The molecular formula is C55H38N2. The van der Waals surface area contributed by atoms with Gasteiger partial charge in [-0.3, -0.25) is 0 Å². The second-order valence-corrected chi connectivity index (χ2v) is 15.7. The van der Waals surface area contributed by atoms with E-state index < -0.39 is 0 Å². The third-order valence-electron chi connectivity index (χ3n) is 12.1. The summed E-state index contributed by atoms with van der Waals surface area (Å²) in [6, 6.07) is 70.1. The molecule has 1 aromatic heterocycles. The summed E-state index contributed by atoms with van der Waals surface area (Å²) in [6.07, 6.45) is 0. The smallest absolute Gasteiger partial charge is 0.160 e. The minimum atomic E-state index is -0.142. The Kier molecular flexibility index (Phi) is 7.55. The summed E-state index contributed by atoms with van der Waals surface area (Å²) in [5.41, 5.74) is 15.2. The van der Waals surface area contributed by atoms with E-state index in [0.717, 1.165) is 33.5 Å². The zero-order valence-electron chi connectivity index (χ0n) is 31.9. The lowest BCUT2D eigenvalue weighted by Gasteiger charge is -2.25. The maximum atomic E-state index is 5.26. The average molecular weight is 727 g/mol. The van der Waals surface area contributed by atoms with Gasteiger partial charge in [0, 0.05) is 22.1 Å². The Morgan fingerprint density at radius 3 is 1.63 bits per heavy atom. The predicted molar refractivity (Wildman–Crippen MR) is 239 cm³/mol. The van der Waals surface area contributed by atoms with E-state index in [4.69, 9.17) is 9.97 Å². The standard InChI is InChI=1S/C55H38N2/c1-55(2)49-32-29-36-16-7-9-23-42(36)52(49)48-28-14-26-43(53(48)55)39-21-12-20-38(33-39)41-30-31-47(45-25-11-10-24-44(41)45)51-34-50(56-54(57-51)37-17-4-3-5-18-37)46-27-13-19-35-15-6-8-22-40(35)46/h3-34H,1-2H3. The molecule has 0 saturated heterocycles. The number of hydrogen-bond acceptors (Lipinski definition) is 2. The molecule has 57 heavy (non-hydrogen) atoms. The number of nitrogens with zero attached hydrogens (tertiary/aromatic N) is 2. The van der Waals surface area contributed by atoms with Crippen LogP contribution in [0, 0.1) is 0 Å². The fraction of sp³-hybridized carbons (Fsp3) is 0.0545. The second kappa shape index (κ2) is 13.0. The van der Waals surface area contributed by atoms with Crippen LogP contribution >= 0.6 is 0 Å². The average Bonchev–Trinajstić information content (AvgIpc) is 3.52. The Hall–Kier alpha value is -7.16. The van der Waals surface area contributed by atoms with Gasteiger partial charge in [0.1, 0.15) is 0 Å². The molecule has 0 radical (unpaired) electrons. The number of fused-ring (bicyclic) bond motifs is 7. The predicted octanol–water partition coefficient (Wildman–Crippen LogP) is 14.6. The molecule has 0 unspecified atom stereocenters. The molecule has 9 aromatic carbocycles. The van der Waals surface area contributed by atoms with Gasteiger partial charge >= 0.3 is 0 Å². The Morgan fingerprint density at radius 1 is 0.351 bits per heavy atom.